The number of aryl methyl sites for hydroxylation is 2. The Bertz CT molecular complexity index is 891. The summed E-state index contributed by atoms with van der Waals surface area (Å²) in [6.07, 6.45) is 0. The van der Waals surface area contributed by atoms with Crippen LogP contribution >= 0.6 is 0 Å². The van der Waals surface area contributed by atoms with E-state index in [1.54, 1.807) is 25.1 Å². The maximum Gasteiger partial charge on any atom is 0.338 e. The molecule has 0 amide bonds. The van der Waals surface area contributed by atoms with E-state index in [1.165, 1.54) is 6.07 Å². The van der Waals surface area contributed by atoms with Crippen molar-refractivity contribution in [2.24, 2.45) is 0 Å². The monoisotopic (exact) mass is 298 g/mol. The third kappa shape index (κ3) is 2.76. The van der Waals surface area contributed by atoms with Crippen LogP contribution in [0.4, 0.5) is 0 Å². The molecule has 1 aromatic carbocycles. The summed E-state index contributed by atoms with van der Waals surface area (Å²) >= 11 is 0. The van der Waals surface area contributed by atoms with Gasteiger partial charge in [0.25, 0.3) is 5.56 Å². The number of ether oxygens (including phenoxy) is 1. The van der Waals surface area contributed by atoms with Crippen LogP contribution < -0.4 is 5.56 Å². The second-order valence-corrected chi connectivity index (χ2v) is 5.03. The molecule has 0 aliphatic heterocycles. The standard InChI is InChI=1S/C16H14N2O4/c1-10-3-5-12(6-4-10)16(20)21-9-13-8-15(19)18-14(17-13)7-11(2)22-18/h3-8H,9H2,1-2H3. The minimum absolute atomic E-state index is 0.0668. The van der Waals surface area contributed by atoms with Crippen LogP contribution in [0.3, 0.4) is 0 Å². The van der Waals surface area contributed by atoms with Gasteiger partial charge in [-0.05, 0) is 26.0 Å². The molecule has 3 rings (SSSR count). The summed E-state index contributed by atoms with van der Waals surface area (Å²) in [5.41, 5.74) is 1.95. The Balaban J connectivity index is 1.77. The second kappa shape index (κ2) is 5.48. The summed E-state index contributed by atoms with van der Waals surface area (Å²) in [6.45, 7) is 3.60. The minimum Gasteiger partial charge on any atom is -0.456 e. The fourth-order valence-corrected chi connectivity index (χ4v) is 2.06. The van der Waals surface area contributed by atoms with Gasteiger partial charge >= 0.3 is 5.97 Å². The quantitative estimate of drug-likeness (QED) is 0.693. The number of nitrogens with zero attached hydrogens (tertiary/aromatic N) is 2. The molecule has 0 aliphatic rings. The molecule has 0 spiro atoms. The number of benzene rings is 1. The Kier molecular flexibility index (Phi) is 3.50. The molecule has 0 N–H and O–H groups in total. The Morgan fingerprint density at radius 1 is 1.23 bits per heavy atom. The molecule has 0 unspecified atom stereocenters. The van der Waals surface area contributed by atoms with Crippen LogP contribution in [0.1, 0.15) is 27.4 Å². The van der Waals surface area contributed by atoms with Gasteiger partial charge in [0.1, 0.15) is 12.4 Å². The van der Waals surface area contributed by atoms with Crippen molar-refractivity contribution in [3.63, 3.8) is 0 Å². The van der Waals surface area contributed by atoms with E-state index >= 15 is 0 Å². The highest BCUT2D eigenvalue weighted by atomic mass is 16.5. The number of carbonyl (C=O) groups excluding carboxylic acids is 1. The summed E-state index contributed by atoms with van der Waals surface area (Å²) in [5, 5.41) is 0. The van der Waals surface area contributed by atoms with Crippen molar-refractivity contribution in [2.75, 3.05) is 0 Å². The molecule has 2 heterocycles. The minimum atomic E-state index is -0.453. The molecule has 112 valence electrons. The molecule has 0 saturated heterocycles. The Morgan fingerprint density at radius 2 is 1.95 bits per heavy atom. The van der Waals surface area contributed by atoms with Crippen LogP contribution in [0.25, 0.3) is 5.65 Å². The highest BCUT2D eigenvalue weighted by Crippen LogP contribution is 2.08. The van der Waals surface area contributed by atoms with Gasteiger partial charge in [0, 0.05) is 12.1 Å². The maximum atomic E-state index is 11.9. The molecule has 3 aromatic rings. The normalized spacial score (nSPS) is 10.8. The number of hydrogen-bond acceptors (Lipinski definition) is 5. The first-order chi connectivity index (χ1) is 10.5. The van der Waals surface area contributed by atoms with Gasteiger partial charge in [-0.2, -0.15) is 0 Å². The fraction of sp³-hybridized carbons (Fsp3) is 0.188. The number of fused-ring (bicyclic) bond motifs is 1. The Morgan fingerprint density at radius 3 is 2.68 bits per heavy atom. The van der Waals surface area contributed by atoms with Gasteiger partial charge in [-0.1, -0.05) is 17.7 Å². The highest BCUT2D eigenvalue weighted by Gasteiger charge is 2.10. The first-order valence-electron chi connectivity index (χ1n) is 6.76. The molecule has 0 fully saturated rings. The van der Waals surface area contributed by atoms with Gasteiger partial charge in [0.2, 0.25) is 0 Å². The van der Waals surface area contributed by atoms with Crippen LogP contribution in [-0.2, 0) is 11.3 Å². The second-order valence-electron chi connectivity index (χ2n) is 5.03. The lowest BCUT2D eigenvalue weighted by atomic mass is 10.1. The lowest BCUT2D eigenvalue weighted by molar-refractivity contribution is 0.0467. The van der Waals surface area contributed by atoms with E-state index in [0.29, 0.717) is 22.7 Å². The predicted octanol–water partition coefficient (Wildman–Crippen LogP) is 2.26. The SMILES string of the molecule is Cc1ccc(C(=O)OCc2cc(=O)n3oc(C)cc3n2)cc1. The van der Waals surface area contributed by atoms with Gasteiger partial charge in [0.05, 0.1) is 11.3 Å². The van der Waals surface area contributed by atoms with Crippen molar-refractivity contribution < 1.29 is 14.1 Å². The van der Waals surface area contributed by atoms with Crippen LogP contribution in [0.15, 0.2) is 45.7 Å². The number of carbonyl (C=O) groups is 1. The van der Waals surface area contributed by atoms with Crippen LogP contribution in [-0.4, -0.2) is 15.5 Å². The van der Waals surface area contributed by atoms with Crippen LogP contribution in [0.2, 0.25) is 0 Å². The van der Waals surface area contributed by atoms with E-state index in [0.717, 1.165) is 10.1 Å². The topological polar surface area (TPSA) is 73.8 Å². The van der Waals surface area contributed by atoms with E-state index in [1.807, 2.05) is 19.1 Å². The zero-order valence-electron chi connectivity index (χ0n) is 12.2. The highest BCUT2D eigenvalue weighted by molar-refractivity contribution is 5.89. The Hall–Kier alpha value is -2.89. The maximum absolute atomic E-state index is 11.9. The van der Waals surface area contributed by atoms with Crippen molar-refractivity contribution in [1.82, 2.24) is 9.56 Å². The first-order valence-corrected chi connectivity index (χ1v) is 6.76. The lowest BCUT2D eigenvalue weighted by Crippen LogP contribution is -2.15. The van der Waals surface area contributed by atoms with Crippen molar-refractivity contribution in [3.8, 4) is 0 Å². The van der Waals surface area contributed by atoms with Crippen molar-refractivity contribution in [2.45, 2.75) is 20.5 Å². The third-order valence-corrected chi connectivity index (χ3v) is 3.16. The van der Waals surface area contributed by atoms with E-state index in [9.17, 15) is 9.59 Å². The van der Waals surface area contributed by atoms with Gasteiger partial charge in [-0.15, -0.1) is 4.57 Å². The number of aromatic nitrogens is 2. The Labute approximate surface area is 125 Å². The fourth-order valence-electron chi connectivity index (χ4n) is 2.06. The van der Waals surface area contributed by atoms with E-state index in [4.69, 9.17) is 9.26 Å². The summed E-state index contributed by atoms with van der Waals surface area (Å²) in [6, 6.07) is 10.00. The van der Waals surface area contributed by atoms with Crippen LogP contribution in [0.5, 0.6) is 0 Å². The molecular formula is C16H14N2O4. The predicted molar refractivity (Wildman–Crippen MR) is 78.8 cm³/mol. The average molecular weight is 298 g/mol. The van der Waals surface area contributed by atoms with Crippen molar-refractivity contribution in [3.05, 3.63) is 69.3 Å². The van der Waals surface area contributed by atoms with Crippen molar-refractivity contribution in [1.29, 1.82) is 0 Å². The average Bonchev–Trinajstić information content (AvgIpc) is 2.86. The van der Waals surface area contributed by atoms with E-state index in [2.05, 4.69) is 4.98 Å². The first kappa shape index (κ1) is 14.1. The van der Waals surface area contributed by atoms with E-state index in [-0.39, 0.29) is 12.2 Å². The number of rotatable bonds is 3. The number of esters is 1. The summed E-state index contributed by atoms with van der Waals surface area (Å²) < 4.78 is 11.5. The molecule has 6 heteroatoms. The molecule has 0 bridgehead atoms. The molecule has 22 heavy (non-hydrogen) atoms. The molecule has 0 saturated carbocycles. The van der Waals surface area contributed by atoms with Crippen molar-refractivity contribution >= 4 is 11.6 Å². The van der Waals surface area contributed by atoms with Gasteiger partial charge in [-0.3, -0.25) is 4.79 Å². The van der Waals surface area contributed by atoms with Gasteiger partial charge < -0.3 is 9.26 Å². The smallest absolute Gasteiger partial charge is 0.338 e. The molecule has 0 aliphatic carbocycles. The number of hydrogen-bond donors (Lipinski definition) is 0. The summed E-state index contributed by atoms with van der Waals surface area (Å²) in [7, 11) is 0. The van der Waals surface area contributed by atoms with Gasteiger partial charge in [0.15, 0.2) is 5.65 Å². The zero-order chi connectivity index (χ0) is 15.7. The molecule has 0 atom stereocenters. The third-order valence-electron chi connectivity index (χ3n) is 3.16. The lowest BCUT2D eigenvalue weighted by Gasteiger charge is -2.04. The summed E-state index contributed by atoms with van der Waals surface area (Å²) in [5.74, 6) is 0.128. The van der Waals surface area contributed by atoms with Gasteiger partial charge in [-0.25, -0.2) is 9.78 Å². The molecular weight excluding hydrogens is 284 g/mol. The largest absolute Gasteiger partial charge is 0.456 e. The summed E-state index contributed by atoms with van der Waals surface area (Å²) in [4.78, 5) is 28.0. The van der Waals surface area contributed by atoms with Crippen LogP contribution in [0, 0.1) is 13.8 Å². The zero-order valence-corrected chi connectivity index (χ0v) is 12.2. The molecule has 0 radical (unpaired) electrons. The molecule has 2 aromatic heterocycles. The van der Waals surface area contributed by atoms with E-state index < -0.39 is 5.97 Å². The molecule has 6 nitrogen and oxygen atoms in total.